The number of carbonyl (C=O) groups is 1. The summed E-state index contributed by atoms with van der Waals surface area (Å²) < 4.78 is 0. The fourth-order valence-corrected chi connectivity index (χ4v) is 1.19. The van der Waals surface area contributed by atoms with E-state index in [9.17, 15) is 14.9 Å². The number of benzene rings is 1. The van der Waals surface area contributed by atoms with Gasteiger partial charge < -0.3 is 5.73 Å². The second-order valence-corrected chi connectivity index (χ2v) is 3.55. The van der Waals surface area contributed by atoms with Gasteiger partial charge in [0.05, 0.1) is 4.92 Å². The molecule has 1 aromatic rings. The molecule has 0 aliphatic carbocycles. The zero-order valence-electron chi connectivity index (χ0n) is 8.56. The van der Waals surface area contributed by atoms with E-state index in [1.807, 2.05) is 0 Å². The fourth-order valence-electron chi connectivity index (χ4n) is 1.19. The number of hydrogen-bond donors (Lipinski definition) is 1. The van der Waals surface area contributed by atoms with Crippen LogP contribution in [0.15, 0.2) is 18.2 Å². The molecular formula is C10H12N2O3. The summed E-state index contributed by atoms with van der Waals surface area (Å²) in [6, 6.07) is 4.11. The summed E-state index contributed by atoms with van der Waals surface area (Å²) in [4.78, 5) is 21.6. The van der Waals surface area contributed by atoms with Crippen LogP contribution in [0, 0.1) is 16.0 Å². The lowest BCUT2D eigenvalue weighted by atomic mass is 10.0. The first kappa shape index (κ1) is 11.2. The molecule has 0 aliphatic heterocycles. The van der Waals surface area contributed by atoms with E-state index in [4.69, 9.17) is 5.73 Å². The number of nitrogen functional groups attached to an aromatic ring is 1. The van der Waals surface area contributed by atoms with Gasteiger partial charge in [-0.15, -0.1) is 0 Å². The van der Waals surface area contributed by atoms with Crippen molar-refractivity contribution in [3.05, 3.63) is 33.9 Å². The first-order valence-corrected chi connectivity index (χ1v) is 4.51. The van der Waals surface area contributed by atoms with Crippen LogP contribution in [0.2, 0.25) is 0 Å². The van der Waals surface area contributed by atoms with Gasteiger partial charge in [-0.3, -0.25) is 14.9 Å². The Kier molecular flexibility index (Phi) is 3.04. The third-order valence-corrected chi connectivity index (χ3v) is 2.04. The Hall–Kier alpha value is -1.91. The molecule has 80 valence electrons. The molecule has 5 nitrogen and oxygen atoms in total. The maximum absolute atomic E-state index is 11.6. The molecule has 0 saturated carbocycles. The smallest absolute Gasteiger partial charge is 0.292 e. The summed E-state index contributed by atoms with van der Waals surface area (Å²) in [6.07, 6.45) is 0. The number of carbonyl (C=O) groups excluding carboxylic acids is 1. The summed E-state index contributed by atoms with van der Waals surface area (Å²) in [7, 11) is 0. The molecule has 0 atom stereocenters. The summed E-state index contributed by atoms with van der Waals surface area (Å²) in [5.41, 5.74) is 5.59. The molecule has 0 saturated heterocycles. The summed E-state index contributed by atoms with van der Waals surface area (Å²) >= 11 is 0. The van der Waals surface area contributed by atoms with Gasteiger partial charge in [0.15, 0.2) is 5.78 Å². The molecule has 0 spiro atoms. The molecule has 2 N–H and O–H groups in total. The molecule has 15 heavy (non-hydrogen) atoms. The minimum atomic E-state index is -0.591. The van der Waals surface area contributed by atoms with E-state index in [1.165, 1.54) is 18.2 Å². The third-order valence-electron chi connectivity index (χ3n) is 2.04. The number of hydrogen-bond acceptors (Lipinski definition) is 4. The zero-order chi connectivity index (χ0) is 11.6. The number of rotatable bonds is 3. The van der Waals surface area contributed by atoms with Crippen molar-refractivity contribution in [3.63, 3.8) is 0 Å². The zero-order valence-corrected chi connectivity index (χ0v) is 8.56. The van der Waals surface area contributed by atoms with Crippen LogP contribution in [0.4, 0.5) is 11.4 Å². The van der Waals surface area contributed by atoms with Crippen molar-refractivity contribution in [1.82, 2.24) is 0 Å². The normalized spacial score (nSPS) is 10.3. The Bertz CT molecular complexity index is 413. The lowest BCUT2D eigenvalue weighted by molar-refractivity contribution is -0.383. The number of nitro groups is 1. The highest BCUT2D eigenvalue weighted by Gasteiger charge is 2.17. The van der Waals surface area contributed by atoms with Crippen LogP contribution < -0.4 is 5.73 Å². The highest BCUT2D eigenvalue weighted by Crippen LogP contribution is 2.23. The van der Waals surface area contributed by atoms with Crippen LogP contribution in [0.25, 0.3) is 0 Å². The molecule has 0 heterocycles. The molecule has 0 fully saturated rings. The Morgan fingerprint density at radius 1 is 1.47 bits per heavy atom. The number of anilines is 1. The van der Waals surface area contributed by atoms with Gasteiger partial charge in [0, 0.05) is 17.5 Å². The van der Waals surface area contributed by atoms with Gasteiger partial charge in [0.25, 0.3) is 5.69 Å². The van der Waals surface area contributed by atoms with Crippen molar-refractivity contribution in [1.29, 1.82) is 0 Å². The van der Waals surface area contributed by atoms with Crippen LogP contribution in [0.5, 0.6) is 0 Å². The predicted octanol–water partition coefficient (Wildman–Crippen LogP) is 2.02. The molecule has 5 heteroatoms. The lowest BCUT2D eigenvalue weighted by Gasteiger charge is -2.04. The van der Waals surface area contributed by atoms with Crippen molar-refractivity contribution in [2.75, 3.05) is 5.73 Å². The van der Waals surface area contributed by atoms with Crippen LogP contribution in [0.1, 0.15) is 24.2 Å². The van der Waals surface area contributed by atoms with Crippen molar-refractivity contribution in [3.8, 4) is 0 Å². The Balaban J connectivity index is 3.19. The number of nitrogens with zero attached hydrogens (tertiary/aromatic N) is 1. The van der Waals surface area contributed by atoms with Crippen molar-refractivity contribution >= 4 is 17.2 Å². The van der Waals surface area contributed by atoms with E-state index < -0.39 is 4.92 Å². The molecule has 0 radical (unpaired) electrons. The highest BCUT2D eigenvalue weighted by atomic mass is 16.6. The average molecular weight is 208 g/mol. The van der Waals surface area contributed by atoms with Crippen molar-refractivity contribution in [2.45, 2.75) is 13.8 Å². The maximum Gasteiger partial charge on any atom is 0.292 e. The second-order valence-electron chi connectivity index (χ2n) is 3.55. The Morgan fingerprint density at radius 2 is 2.07 bits per heavy atom. The van der Waals surface area contributed by atoms with E-state index >= 15 is 0 Å². The highest BCUT2D eigenvalue weighted by molar-refractivity contribution is 5.98. The van der Waals surface area contributed by atoms with E-state index in [0.29, 0.717) is 5.56 Å². The standard InChI is InChI=1S/C10H12N2O3/c1-6(2)10(13)7-3-4-8(11)9(5-7)12(14)15/h3-6H,11H2,1-2H3. The predicted molar refractivity (Wildman–Crippen MR) is 56.7 cm³/mol. The van der Waals surface area contributed by atoms with Gasteiger partial charge in [-0.2, -0.15) is 0 Å². The molecular weight excluding hydrogens is 196 g/mol. The number of nitrogens with two attached hydrogens (primary N) is 1. The largest absolute Gasteiger partial charge is 0.393 e. The van der Waals surface area contributed by atoms with E-state index in [0.717, 1.165) is 0 Å². The number of ketones is 1. The first-order chi connectivity index (χ1) is 6.93. The monoisotopic (exact) mass is 208 g/mol. The minimum absolute atomic E-state index is 0.0697. The lowest BCUT2D eigenvalue weighted by Crippen LogP contribution is -2.08. The van der Waals surface area contributed by atoms with E-state index in [1.54, 1.807) is 13.8 Å². The molecule has 0 aliphatic rings. The van der Waals surface area contributed by atoms with Gasteiger partial charge in [0.1, 0.15) is 5.69 Å². The van der Waals surface area contributed by atoms with Gasteiger partial charge in [-0.05, 0) is 12.1 Å². The van der Waals surface area contributed by atoms with Gasteiger partial charge in [0.2, 0.25) is 0 Å². The molecule has 0 unspecified atom stereocenters. The topological polar surface area (TPSA) is 86.2 Å². The van der Waals surface area contributed by atoms with Crippen LogP contribution in [0.3, 0.4) is 0 Å². The van der Waals surface area contributed by atoms with Gasteiger partial charge >= 0.3 is 0 Å². The van der Waals surface area contributed by atoms with Crippen LogP contribution in [-0.2, 0) is 0 Å². The Labute approximate surface area is 87.0 Å². The molecule has 0 bridgehead atoms. The quantitative estimate of drug-likeness (QED) is 0.356. The van der Waals surface area contributed by atoms with Crippen molar-refractivity contribution < 1.29 is 9.72 Å². The molecule has 1 aromatic carbocycles. The second kappa shape index (κ2) is 4.08. The van der Waals surface area contributed by atoms with E-state index in [-0.39, 0.29) is 23.1 Å². The third kappa shape index (κ3) is 2.31. The first-order valence-electron chi connectivity index (χ1n) is 4.51. The fraction of sp³-hybridized carbons (Fsp3) is 0.300. The SMILES string of the molecule is CC(C)C(=O)c1ccc(N)c([N+](=O)[O-])c1. The molecule has 1 rings (SSSR count). The molecule has 0 amide bonds. The summed E-state index contributed by atoms with van der Waals surface area (Å²) in [5, 5.41) is 10.6. The average Bonchev–Trinajstić information content (AvgIpc) is 2.16. The minimum Gasteiger partial charge on any atom is -0.393 e. The number of Topliss-reactive ketones (excluding diaryl/α,β-unsaturated/α-hetero) is 1. The van der Waals surface area contributed by atoms with Gasteiger partial charge in [-0.25, -0.2) is 0 Å². The molecule has 0 aromatic heterocycles. The Morgan fingerprint density at radius 3 is 2.53 bits per heavy atom. The van der Waals surface area contributed by atoms with Crippen LogP contribution in [-0.4, -0.2) is 10.7 Å². The van der Waals surface area contributed by atoms with Gasteiger partial charge in [-0.1, -0.05) is 13.8 Å². The van der Waals surface area contributed by atoms with Crippen molar-refractivity contribution in [2.24, 2.45) is 5.92 Å². The maximum atomic E-state index is 11.6. The summed E-state index contributed by atoms with van der Waals surface area (Å²) in [5.74, 6) is -0.314. The number of nitro benzene ring substituents is 1. The van der Waals surface area contributed by atoms with E-state index in [2.05, 4.69) is 0 Å². The summed E-state index contributed by atoms with van der Waals surface area (Å²) in [6.45, 7) is 3.48. The van der Waals surface area contributed by atoms with Crippen LogP contribution >= 0.6 is 0 Å².